The summed E-state index contributed by atoms with van der Waals surface area (Å²) in [4.78, 5) is 0. The maximum atomic E-state index is 8.60. The van der Waals surface area contributed by atoms with Gasteiger partial charge in [0.25, 0.3) is 0 Å². The molecule has 2 N–H and O–H groups in total. The summed E-state index contributed by atoms with van der Waals surface area (Å²) in [5.41, 5.74) is 0. The molecule has 84 valence electrons. The van der Waals surface area contributed by atoms with Crippen LogP contribution in [0.5, 0.6) is 0 Å². The van der Waals surface area contributed by atoms with Crippen LogP contribution in [0, 0.1) is 0 Å². The molecule has 0 aliphatic heterocycles. The molecule has 14 heavy (non-hydrogen) atoms. The van der Waals surface area contributed by atoms with Gasteiger partial charge in [0.1, 0.15) is 0 Å². The number of hydrogen-bond donors (Lipinski definition) is 2. The summed E-state index contributed by atoms with van der Waals surface area (Å²) in [6, 6.07) is 0.794. The predicted octanol–water partition coefficient (Wildman–Crippen LogP) is 2.02. The Labute approximate surface area is 91.9 Å². The molecular weight excluding hydrogens is 194 g/mol. The molecule has 1 aliphatic rings. The first-order chi connectivity index (χ1) is 6.93. The van der Waals surface area contributed by atoms with Crippen LogP contribution in [0.1, 0.15) is 38.5 Å². The first-order valence-corrected chi connectivity index (χ1v) is 7.01. The summed E-state index contributed by atoms with van der Waals surface area (Å²) < 4.78 is 0. The highest BCUT2D eigenvalue weighted by Crippen LogP contribution is 2.17. The Kier molecular flexibility index (Phi) is 7.55. The molecule has 1 rings (SSSR count). The molecule has 0 heterocycles. The van der Waals surface area contributed by atoms with E-state index in [1.165, 1.54) is 37.9 Å². The second-order valence-electron chi connectivity index (χ2n) is 3.98. The lowest BCUT2D eigenvalue weighted by atomic mass is 9.96. The Morgan fingerprint density at radius 1 is 1.14 bits per heavy atom. The van der Waals surface area contributed by atoms with Crippen LogP contribution < -0.4 is 5.32 Å². The normalized spacial score (nSPS) is 18.6. The van der Waals surface area contributed by atoms with Crippen LogP contribution in [-0.4, -0.2) is 35.8 Å². The van der Waals surface area contributed by atoms with E-state index in [2.05, 4.69) is 5.32 Å². The zero-order valence-corrected chi connectivity index (χ0v) is 9.82. The average Bonchev–Trinajstić information content (AvgIpc) is 2.25. The van der Waals surface area contributed by atoms with E-state index in [9.17, 15) is 0 Å². The second kappa shape index (κ2) is 8.57. The summed E-state index contributed by atoms with van der Waals surface area (Å²) in [7, 11) is 0. The van der Waals surface area contributed by atoms with Gasteiger partial charge in [0, 0.05) is 24.9 Å². The molecular formula is C11H23NOS. The smallest absolute Gasteiger partial charge is 0.0438 e. The summed E-state index contributed by atoms with van der Waals surface area (Å²) in [5, 5.41) is 12.2. The van der Waals surface area contributed by atoms with Crippen LogP contribution in [0.25, 0.3) is 0 Å². The van der Waals surface area contributed by atoms with E-state index in [-0.39, 0.29) is 0 Å². The van der Waals surface area contributed by atoms with Gasteiger partial charge < -0.3 is 10.4 Å². The first-order valence-electron chi connectivity index (χ1n) is 5.85. The Morgan fingerprint density at radius 3 is 2.64 bits per heavy atom. The molecule has 0 aromatic heterocycles. The fourth-order valence-corrected chi connectivity index (χ4v) is 2.71. The molecule has 0 saturated heterocycles. The van der Waals surface area contributed by atoms with Gasteiger partial charge in [0.05, 0.1) is 0 Å². The SMILES string of the molecule is OCCCSCCNC1CCCCC1. The number of rotatable bonds is 7. The average molecular weight is 217 g/mol. The summed E-state index contributed by atoms with van der Waals surface area (Å²) in [6.45, 7) is 1.48. The Hall–Kier alpha value is 0.270. The molecule has 0 atom stereocenters. The molecule has 0 aromatic rings. The topological polar surface area (TPSA) is 32.3 Å². The monoisotopic (exact) mass is 217 g/mol. The highest BCUT2D eigenvalue weighted by molar-refractivity contribution is 7.99. The van der Waals surface area contributed by atoms with Crippen LogP contribution in [0.15, 0.2) is 0 Å². The minimum Gasteiger partial charge on any atom is -0.396 e. The summed E-state index contributed by atoms with van der Waals surface area (Å²) in [6.07, 6.45) is 7.95. The third-order valence-electron chi connectivity index (χ3n) is 2.73. The second-order valence-corrected chi connectivity index (χ2v) is 5.20. The molecule has 0 spiro atoms. The Balaban J connectivity index is 1.82. The van der Waals surface area contributed by atoms with Gasteiger partial charge in [-0.1, -0.05) is 19.3 Å². The molecule has 3 heteroatoms. The quantitative estimate of drug-likeness (QED) is 0.640. The first kappa shape index (κ1) is 12.3. The van der Waals surface area contributed by atoms with Crippen molar-refractivity contribution in [3.63, 3.8) is 0 Å². The van der Waals surface area contributed by atoms with Gasteiger partial charge in [-0.15, -0.1) is 0 Å². The molecule has 0 aromatic carbocycles. The van der Waals surface area contributed by atoms with Crippen molar-refractivity contribution in [2.45, 2.75) is 44.6 Å². The third kappa shape index (κ3) is 5.89. The maximum Gasteiger partial charge on any atom is 0.0438 e. The van der Waals surface area contributed by atoms with Crippen molar-refractivity contribution in [1.82, 2.24) is 5.32 Å². The maximum absolute atomic E-state index is 8.60. The molecule has 0 bridgehead atoms. The van der Waals surface area contributed by atoms with Crippen LogP contribution in [0.2, 0.25) is 0 Å². The van der Waals surface area contributed by atoms with Gasteiger partial charge >= 0.3 is 0 Å². The van der Waals surface area contributed by atoms with E-state index < -0.39 is 0 Å². The van der Waals surface area contributed by atoms with Crippen molar-refractivity contribution in [1.29, 1.82) is 0 Å². The van der Waals surface area contributed by atoms with E-state index >= 15 is 0 Å². The molecule has 0 unspecified atom stereocenters. The zero-order valence-electron chi connectivity index (χ0n) is 9.00. The molecule has 0 amide bonds. The Bertz CT molecular complexity index is 126. The van der Waals surface area contributed by atoms with Crippen molar-refractivity contribution in [2.24, 2.45) is 0 Å². The largest absolute Gasteiger partial charge is 0.396 e. The van der Waals surface area contributed by atoms with Gasteiger partial charge in [-0.05, 0) is 25.0 Å². The number of aliphatic hydroxyl groups excluding tert-OH is 1. The van der Waals surface area contributed by atoms with Gasteiger partial charge in [-0.2, -0.15) is 11.8 Å². The lowest BCUT2D eigenvalue weighted by molar-refractivity contribution is 0.296. The minimum absolute atomic E-state index is 0.336. The van der Waals surface area contributed by atoms with Crippen LogP contribution in [-0.2, 0) is 0 Å². The van der Waals surface area contributed by atoms with E-state index in [4.69, 9.17) is 5.11 Å². The molecule has 2 nitrogen and oxygen atoms in total. The van der Waals surface area contributed by atoms with Crippen LogP contribution in [0.4, 0.5) is 0 Å². The molecule has 1 saturated carbocycles. The number of aliphatic hydroxyl groups is 1. The predicted molar refractivity (Wildman–Crippen MR) is 63.9 cm³/mol. The molecule has 1 aliphatic carbocycles. The molecule has 1 fully saturated rings. The standard InChI is InChI=1S/C11H23NOS/c13-8-4-9-14-10-7-12-11-5-2-1-3-6-11/h11-13H,1-10H2. The van der Waals surface area contributed by atoms with E-state index in [0.29, 0.717) is 6.61 Å². The van der Waals surface area contributed by atoms with Gasteiger partial charge in [-0.25, -0.2) is 0 Å². The van der Waals surface area contributed by atoms with Gasteiger partial charge in [0.2, 0.25) is 0 Å². The lowest BCUT2D eigenvalue weighted by Gasteiger charge is -2.22. The summed E-state index contributed by atoms with van der Waals surface area (Å²) in [5.74, 6) is 2.29. The Morgan fingerprint density at radius 2 is 1.93 bits per heavy atom. The number of hydrogen-bond acceptors (Lipinski definition) is 3. The van der Waals surface area contributed by atoms with Crippen molar-refractivity contribution in [3.05, 3.63) is 0 Å². The van der Waals surface area contributed by atoms with E-state index in [1.54, 1.807) is 0 Å². The van der Waals surface area contributed by atoms with Crippen molar-refractivity contribution < 1.29 is 5.11 Å². The highest BCUT2D eigenvalue weighted by atomic mass is 32.2. The third-order valence-corrected chi connectivity index (χ3v) is 3.80. The van der Waals surface area contributed by atoms with Crippen molar-refractivity contribution >= 4 is 11.8 Å². The van der Waals surface area contributed by atoms with Crippen molar-refractivity contribution in [2.75, 3.05) is 24.7 Å². The number of nitrogens with one attached hydrogen (secondary N) is 1. The minimum atomic E-state index is 0.336. The van der Waals surface area contributed by atoms with Gasteiger partial charge in [0.15, 0.2) is 0 Å². The van der Waals surface area contributed by atoms with E-state index in [0.717, 1.165) is 24.8 Å². The fraction of sp³-hybridized carbons (Fsp3) is 1.00. The summed E-state index contributed by atoms with van der Waals surface area (Å²) >= 11 is 1.94. The van der Waals surface area contributed by atoms with Crippen molar-refractivity contribution in [3.8, 4) is 0 Å². The lowest BCUT2D eigenvalue weighted by Crippen LogP contribution is -2.32. The van der Waals surface area contributed by atoms with E-state index in [1.807, 2.05) is 11.8 Å². The fourth-order valence-electron chi connectivity index (χ4n) is 1.91. The number of thioether (sulfide) groups is 1. The van der Waals surface area contributed by atoms with Gasteiger partial charge in [-0.3, -0.25) is 0 Å². The van der Waals surface area contributed by atoms with Crippen LogP contribution >= 0.6 is 11.8 Å². The van der Waals surface area contributed by atoms with Crippen LogP contribution in [0.3, 0.4) is 0 Å². The highest BCUT2D eigenvalue weighted by Gasteiger charge is 2.11. The zero-order chi connectivity index (χ0) is 10.1. The molecule has 0 radical (unpaired) electrons.